The quantitative estimate of drug-likeness (QED) is 0.720. The predicted molar refractivity (Wildman–Crippen MR) is 103 cm³/mol. The van der Waals surface area contributed by atoms with E-state index in [1.807, 2.05) is 18.2 Å². The number of anilines is 1. The van der Waals surface area contributed by atoms with E-state index in [9.17, 15) is 14.7 Å². The Morgan fingerprint density at radius 3 is 2.75 bits per heavy atom. The molecule has 3 aromatic rings. The van der Waals surface area contributed by atoms with E-state index in [-0.39, 0.29) is 23.8 Å². The Bertz CT molecular complexity index is 1020. The number of nitrogens with zero attached hydrogens (tertiary/aromatic N) is 3. The summed E-state index contributed by atoms with van der Waals surface area (Å²) in [6.07, 6.45) is 3.07. The van der Waals surface area contributed by atoms with Gasteiger partial charge < -0.3 is 20.1 Å². The van der Waals surface area contributed by atoms with Gasteiger partial charge in [-0.3, -0.25) is 14.3 Å². The number of morpholine rings is 1. The third kappa shape index (κ3) is 3.67. The van der Waals surface area contributed by atoms with Gasteiger partial charge in [0.2, 0.25) is 5.91 Å². The zero-order chi connectivity index (χ0) is 19.5. The van der Waals surface area contributed by atoms with Gasteiger partial charge in [0.05, 0.1) is 30.7 Å². The average Bonchev–Trinajstić information content (AvgIpc) is 3.15. The fraction of sp³-hybridized carbons (Fsp3) is 0.250. The van der Waals surface area contributed by atoms with E-state index in [0.717, 1.165) is 5.39 Å². The first-order valence-corrected chi connectivity index (χ1v) is 9.02. The number of ether oxygens (including phenoxy) is 1. The number of phenolic OH excluding ortho intramolecular Hbond substituents is 1. The van der Waals surface area contributed by atoms with Crippen LogP contribution in [-0.4, -0.2) is 57.9 Å². The van der Waals surface area contributed by atoms with E-state index in [2.05, 4.69) is 10.4 Å². The van der Waals surface area contributed by atoms with Crippen molar-refractivity contribution in [2.24, 2.45) is 0 Å². The van der Waals surface area contributed by atoms with Gasteiger partial charge in [-0.15, -0.1) is 0 Å². The highest BCUT2D eigenvalue weighted by atomic mass is 16.5. The van der Waals surface area contributed by atoms with Crippen LogP contribution in [0.3, 0.4) is 0 Å². The normalized spacial score (nSPS) is 14.2. The molecule has 2 N–H and O–H groups in total. The van der Waals surface area contributed by atoms with Crippen LogP contribution in [0.15, 0.2) is 48.8 Å². The number of aromatic hydroxyl groups is 1. The van der Waals surface area contributed by atoms with E-state index >= 15 is 0 Å². The number of nitrogens with one attached hydrogen (secondary N) is 1. The van der Waals surface area contributed by atoms with Crippen LogP contribution in [0.2, 0.25) is 0 Å². The second-order valence-electron chi connectivity index (χ2n) is 6.55. The average molecular weight is 380 g/mol. The second-order valence-corrected chi connectivity index (χ2v) is 6.55. The lowest BCUT2D eigenvalue weighted by molar-refractivity contribution is -0.136. The fourth-order valence-corrected chi connectivity index (χ4v) is 3.26. The van der Waals surface area contributed by atoms with E-state index < -0.39 is 5.91 Å². The highest BCUT2D eigenvalue weighted by Crippen LogP contribution is 2.27. The van der Waals surface area contributed by atoms with Crippen LogP contribution in [0.5, 0.6) is 5.75 Å². The minimum Gasteiger partial charge on any atom is -0.507 e. The molecule has 2 aromatic carbocycles. The summed E-state index contributed by atoms with van der Waals surface area (Å²) < 4.78 is 6.73. The van der Waals surface area contributed by atoms with E-state index in [1.165, 1.54) is 16.9 Å². The van der Waals surface area contributed by atoms with Crippen molar-refractivity contribution in [1.82, 2.24) is 14.7 Å². The summed E-state index contributed by atoms with van der Waals surface area (Å²) in [5.74, 6) is -0.574. The fourth-order valence-electron chi connectivity index (χ4n) is 3.26. The summed E-state index contributed by atoms with van der Waals surface area (Å²) in [5, 5.41) is 18.6. The Hall–Kier alpha value is -3.39. The van der Waals surface area contributed by atoms with E-state index in [0.29, 0.717) is 37.4 Å². The van der Waals surface area contributed by atoms with Crippen molar-refractivity contribution in [1.29, 1.82) is 0 Å². The number of phenols is 1. The van der Waals surface area contributed by atoms with E-state index in [4.69, 9.17) is 4.74 Å². The van der Waals surface area contributed by atoms with Crippen molar-refractivity contribution in [3.05, 3.63) is 54.4 Å². The molecule has 8 heteroatoms. The SMILES string of the molecule is O=C(Nc1cnn(CC(=O)N2CCOCC2)c1)c1c(O)ccc2ccccc12. The van der Waals surface area contributed by atoms with Gasteiger partial charge in [-0.1, -0.05) is 30.3 Å². The number of aromatic nitrogens is 2. The lowest BCUT2D eigenvalue weighted by Crippen LogP contribution is -2.42. The van der Waals surface area contributed by atoms with Crippen LogP contribution in [-0.2, 0) is 16.1 Å². The number of carbonyl (C=O) groups excluding carboxylic acids is 2. The first-order chi connectivity index (χ1) is 13.6. The summed E-state index contributed by atoms with van der Waals surface area (Å²) in [7, 11) is 0. The van der Waals surface area contributed by atoms with Gasteiger partial charge in [-0.2, -0.15) is 5.10 Å². The third-order valence-electron chi connectivity index (χ3n) is 4.69. The lowest BCUT2D eigenvalue weighted by Gasteiger charge is -2.26. The predicted octanol–water partition coefficient (Wildman–Crippen LogP) is 1.85. The van der Waals surface area contributed by atoms with Gasteiger partial charge in [0.25, 0.3) is 5.91 Å². The van der Waals surface area contributed by atoms with Gasteiger partial charge in [-0.05, 0) is 16.8 Å². The maximum atomic E-state index is 12.7. The maximum Gasteiger partial charge on any atom is 0.260 e. The Kier molecular flexibility index (Phi) is 4.94. The lowest BCUT2D eigenvalue weighted by atomic mass is 10.0. The number of fused-ring (bicyclic) bond motifs is 1. The maximum absolute atomic E-state index is 12.7. The van der Waals surface area contributed by atoms with Gasteiger partial charge in [0.1, 0.15) is 12.3 Å². The van der Waals surface area contributed by atoms with Gasteiger partial charge in [0, 0.05) is 19.3 Å². The van der Waals surface area contributed by atoms with Crippen LogP contribution in [0.1, 0.15) is 10.4 Å². The van der Waals surface area contributed by atoms with Crippen molar-refractivity contribution >= 4 is 28.3 Å². The van der Waals surface area contributed by atoms with Crippen LogP contribution in [0.4, 0.5) is 5.69 Å². The number of benzene rings is 2. The molecular formula is C20H20N4O4. The molecule has 1 aliphatic rings. The van der Waals surface area contributed by atoms with E-state index in [1.54, 1.807) is 23.2 Å². The molecule has 8 nitrogen and oxygen atoms in total. The molecular weight excluding hydrogens is 360 g/mol. The molecule has 28 heavy (non-hydrogen) atoms. The minimum atomic E-state index is -0.437. The van der Waals surface area contributed by atoms with Crippen molar-refractivity contribution in [3.8, 4) is 5.75 Å². The van der Waals surface area contributed by atoms with Gasteiger partial charge in [-0.25, -0.2) is 0 Å². The number of amides is 2. The number of carbonyl (C=O) groups is 2. The molecule has 0 unspecified atom stereocenters. The minimum absolute atomic E-state index is 0.0454. The summed E-state index contributed by atoms with van der Waals surface area (Å²) in [6.45, 7) is 2.32. The number of hydrogen-bond acceptors (Lipinski definition) is 5. The summed E-state index contributed by atoms with van der Waals surface area (Å²) >= 11 is 0. The molecule has 0 aliphatic carbocycles. The van der Waals surface area contributed by atoms with Crippen molar-refractivity contribution in [3.63, 3.8) is 0 Å². The Labute approximate surface area is 161 Å². The summed E-state index contributed by atoms with van der Waals surface area (Å²) in [6, 6.07) is 10.6. The highest BCUT2D eigenvalue weighted by molar-refractivity contribution is 6.14. The van der Waals surface area contributed by atoms with Crippen LogP contribution in [0, 0.1) is 0 Å². The Morgan fingerprint density at radius 1 is 1.14 bits per heavy atom. The van der Waals surface area contributed by atoms with Crippen LogP contribution < -0.4 is 5.32 Å². The molecule has 1 saturated heterocycles. The largest absolute Gasteiger partial charge is 0.507 e. The molecule has 0 radical (unpaired) electrons. The van der Waals surface area contributed by atoms with Gasteiger partial charge >= 0.3 is 0 Å². The molecule has 2 heterocycles. The molecule has 144 valence electrons. The molecule has 1 fully saturated rings. The molecule has 4 rings (SSSR count). The standard InChI is InChI=1S/C20H20N4O4/c25-17-6-5-14-3-1-2-4-16(14)19(17)20(27)22-15-11-21-24(12-15)13-18(26)23-7-9-28-10-8-23/h1-6,11-12,25H,7-10,13H2,(H,22,27). The molecule has 0 spiro atoms. The number of rotatable bonds is 4. The molecule has 1 aliphatic heterocycles. The summed E-state index contributed by atoms with van der Waals surface area (Å²) in [5.41, 5.74) is 0.655. The van der Waals surface area contributed by atoms with Crippen molar-refractivity contribution < 1.29 is 19.4 Å². The molecule has 2 amide bonds. The first-order valence-electron chi connectivity index (χ1n) is 9.02. The molecule has 0 atom stereocenters. The molecule has 1 aromatic heterocycles. The molecule has 0 bridgehead atoms. The zero-order valence-electron chi connectivity index (χ0n) is 15.2. The van der Waals surface area contributed by atoms with Crippen LogP contribution >= 0.6 is 0 Å². The van der Waals surface area contributed by atoms with Gasteiger partial charge in [0.15, 0.2) is 0 Å². The smallest absolute Gasteiger partial charge is 0.260 e. The Balaban J connectivity index is 1.48. The monoisotopic (exact) mass is 380 g/mol. The highest BCUT2D eigenvalue weighted by Gasteiger charge is 2.19. The zero-order valence-corrected chi connectivity index (χ0v) is 15.2. The van der Waals surface area contributed by atoms with Crippen molar-refractivity contribution in [2.45, 2.75) is 6.54 Å². The van der Waals surface area contributed by atoms with Crippen molar-refractivity contribution in [2.75, 3.05) is 31.6 Å². The first kappa shape index (κ1) is 18.0. The summed E-state index contributed by atoms with van der Waals surface area (Å²) in [4.78, 5) is 26.8. The molecule has 0 saturated carbocycles. The Morgan fingerprint density at radius 2 is 1.93 bits per heavy atom. The van der Waals surface area contributed by atoms with Crippen LogP contribution in [0.25, 0.3) is 10.8 Å². The second kappa shape index (κ2) is 7.69. The number of hydrogen-bond donors (Lipinski definition) is 2. The third-order valence-corrected chi connectivity index (χ3v) is 4.69. The topological polar surface area (TPSA) is 96.7 Å².